The van der Waals surface area contributed by atoms with Crippen molar-refractivity contribution in [1.82, 2.24) is 19.2 Å². The van der Waals surface area contributed by atoms with Crippen LogP contribution in [0.4, 0.5) is 10.6 Å². The molecule has 3 heterocycles. The summed E-state index contributed by atoms with van der Waals surface area (Å²) < 4.78 is 38.4. The van der Waals surface area contributed by atoms with Crippen molar-refractivity contribution in [3.05, 3.63) is 48.3 Å². The number of piperidine rings is 1. The van der Waals surface area contributed by atoms with Gasteiger partial charge in [-0.3, -0.25) is 4.79 Å². The van der Waals surface area contributed by atoms with Crippen molar-refractivity contribution >= 4 is 27.7 Å². The van der Waals surface area contributed by atoms with Crippen LogP contribution in [0.15, 0.2) is 42.7 Å². The SMILES string of the molecule is CC1(OC(=O)N2CCC(COc3cnc(N4CCN(S(=O)(=O)CC(=O)c5ccccc5)CC4)cn3)CC2)CC1. The van der Waals surface area contributed by atoms with Crippen molar-refractivity contribution in [3.8, 4) is 5.88 Å². The van der Waals surface area contributed by atoms with Crippen molar-refractivity contribution in [3.63, 3.8) is 0 Å². The fourth-order valence-electron chi connectivity index (χ4n) is 4.75. The minimum Gasteiger partial charge on any atom is -0.476 e. The van der Waals surface area contributed by atoms with Gasteiger partial charge in [0.1, 0.15) is 17.2 Å². The minimum absolute atomic E-state index is 0.213. The van der Waals surface area contributed by atoms with Crippen molar-refractivity contribution in [2.45, 2.75) is 38.2 Å². The molecule has 0 bridgehead atoms. The van der Waals surface area contributed by atoms with Crippen molar-refractivity contribution in [2.24, 2.45) is 5.92 Å². The van der Waals surface area contributed by atoms with Gasteiger partial charge in [0.25, 0.3) is 0 Å². The number of sulfonamides is 1. The average Bonchev–Trinajstić information content (AvgIpc) is 3.69. The van der Waals surface area contributed by atoms with Crippen LogP contribution in [0.3, 0.4) is 0 Å². The summed E-state index contributed by atoms with van der Waals surface area (Å²) in [4.78, 5) is 37.3. The van der Waals surface area contributed by atoms with E-state index in [1.165, 1.54) is 4.31 Å². The molecule has 0 spiro atoms. The van der Waals surface area contributed by atoms with E-state index < -0.39 is 21.6 Å². The van der Waals surface area contributed by atoms with E-state index in [-0.39, 0.29) is 24.8 Å². The van der Waals surface area contributed by atoms with Gasteiger partial charge in [0, 0.05) is 44.8 Å². The predicted octanol–water partition coefficient (Wildman–Crippen LogP) is 2.59. The van der Waals surface area contributed by atoms with E-state index >= 15 is 0 Å². The molecule has 1 saturated carbocycles. The molecule has 11 nitrogen and oxygen atoms in total. The third-order valence-electron chi connectivity index (χ3n) is 7.61. The van der Waals surface area contributed by atoms with Crippen LogP contribution in [-0.4, -0.2) is 96.7 Å². The van der Waals surface area contributed by atoms with E-state index in [9.17, 15) is 18.0 Å². The quantitative estimate of drug-likeness (QED) is 0.428. The number of piperazine rings is 1. The summed E-state index contributed by atoms with van der Waals surface area (Å²) in [7, 11) is -3.70. The van der Waals surface area contributed by atoms with Crippen LogP contribution in [-0.2, 0) is 14.8 Å². The Bertz CT molecular complexity index is 1250. The Balaban J connectivity index is 1.04. The normalized spacial score (nSPS) is 19.9. The lowest BCUT2D eigenvalue weighted by atomic mass is 9.98. The lowest BCUT2D eigenvalue weighted by Gasteiger charge is -2.34. The first kappa shape index (κ1) is 27.3. The fraction of sp³-hybridized carbons (Fsp3) is 0.556. The molecule has 2 aliphatic heterocycles. The maximum atomic E-state index is 12.8. The molecule has 0 atom stereocenters. The van der Waals surface area contributed by atoms with E-state index in [1.807, 2.05) is 11.8 Å². The Labute approximate surface area is 229 Å². The van der Waals surface area contributed by atoms with Gasteiger partial charge in [-0.1, -0.05) is 30.3 Å². The maximum Gasteiger partial charge on any atom is 0.410 e. The second-order valence-corrected chi connectivity index (χ2v) is 12.7. The van der Waals surface area contributed by atoms with Gasteiger partial charge in [0.2, 0.25) is 15.9 Å². The molecule has 1 aromatic heterocycles. The predicted molar refractivity (Wildman–Crippen MR) is 144 cm³/mol. The summed E-state index contributed by atoms with van der Waals surface area (Å²) >= 11 is 0. The molecular weight excluding hydrogens is 522 g/mol. The molecule has 5 rings (SSSR count). The number of carbonyl (C=O) groups excluding carboxylic acids is 2. The third-order valence-corrected chi connectivity index (χ3v) is 9.39. The minimum atomic E-state index is -3.70. The average molecular weight is 558 g/mol. The number of hydrogen-bond acceptors (Lipinski definition) is 9. The molecule has 1 aromatic carbocycles. The van der Waals surface area contributed by atoms with Crippen LogP contribution in [0.5, 0.6) is 5.88 Å². The molecule has 1 aliphatic carbocycles. The lowest BCUT2D eigenvalue weighted by molar-refractivity contribution is 0.0454. The summed E-state index contributed by atoms with van der Waals surface area (Å²) in [5.74, 6) is 0.468. The molecule has 2 aromatic rings. The van der Waals surface area contributed by atoms with Gasteiger partial charge in [-0.15, -0.1) is 0 Å². The van der Waals surface area contributed by atoms with Gasteiger partial charge < -0.3 is 19.3 Å². The number of rotatable bonds is 9. The lowest BCUT2D eigenvalue weighted by Crippen LogP contribution is -2.50. The first-order chi connectivity index (χ1) is 18.7. The van der Waals surface area contributed by atoms with Crippen LogP contribution in [0.2, 0.25) is 0 Å². The van der Waals surface area contributed by atoms with Gasteiger partial charge in [0.05, 0.1) is 19.0 Å². The van der Waals surface area contributed by atoms with Crippen molar-refractivity contribution in [1.29, 1.82) is 0 Å². The first-order valence-electron chi connectivity index (χ1n) is 13.4. The number of likely N-dealkylation sites (tertiary alicyclic amines) is 1. The molecule has 210 valence electrons. The number of ether oxygens (including phenoxy) is 2. The second-order valence-electron chi connectivity index (χ2n) is 10.7. The van der Waals surface area contributed by atoms with Crippen LogP contribution < -0.4 is 9.64 Å². The Morgan fingerprint density at radius 1 is 0.974 bits per heavy atom. The molecular formula is C27H35N5O6S. The fourth-order valence-corrected chi connectivity index (χ4v) is 6.15. The van der Waals surface area contributed by atoms with E-state index in [0.29, 0.717) is 56.0 Å². The first-order valence-corrected chi connectivity index (χ1v) is 15.1. The molecule has 12 heteroatoms. The van der Waals surface area contributed by atoms with Gasteiger partial charge in [-0.2, -0.15) is 4.31 Å². The molecule has 39 heavy (non-hydrogen) atoms. The van der Waals surface area contributed by atoms with Crippen molar-refractivity contribution < 1.29 is 27.5 Å². The standard InChI is InChI=1S/C27H35N5O6S/c1-27(9-10-27)38-26(34)31-11-7-21(8-12-31)19-37-25-18-28-24(17-29-25)30-13-15-32(16-14-30)39(35,36)20-23(33)22-5-3-2-4-6-22/h2-6,17-18,21H,7-16,19-20H2,1H3. The largest absolute Gasteiger partial charge is 0.476 e. The molecule has 0 unspecified atom stereocenters. The van der Waals surface area contributed by atoms with Crippen LogP contribution >= 0.6 is 0 Å². The number of anilines is 1. The van der Waals surface area contributed by atoms with E-state index in [2.05, 4.69) is 9.97 Å². The summed E-state index contributed by atoms with van der Waals surface area (Å²) in [5.41, 5.74) is 0.140. The van der Waals surface area contributed by atoms with E-state index in [0.717, 1.165) is 25.7 Å². The smallest absolute Gasteiger partial charge is 0.410 e. The van der Waals surface area contributed by atoms with Crippen LogP contribution in [0.1, 0.15) is 43.0 Å². The van der Waals surface area contributed by atoms with Gasteiger partial charge in [0.15, 0.2) is 5.78 Å². The summed E-state index contributed by atoms with van der Waals surface area (Å²) in [6.45, 7) is 5.26. The van der Waals surface area contributed by atoms with Gasteiger partial charge >= 0.3 is 6.09 Å². The zero-order valence-electron chi connectivity index (χ0n) is 22.2. The highest BCUT2D eigenvalue weighted by molar-refractivity contribution is 7.89. The number of hydrogen-bond donors (Lipinski definition) is 0. The Kier molecular flexibility index (Phi) is 8.03. The molecule has 1 amide bonds. The highest BCUT2D eigenvalue weighted by atomic mass is 32.2. The second kappa shape index (κ2) is 11.5. The van der Waals surface area contributed by atoms with Gasteiger partial charge in [-0.05, 0) is 38.5 Å². The Hall–Kier alpha value is -3.25. The Morgan fingerprint density at radius 2 is 1.67 bits per heavy atom. The van der Waals surface area contributed by atoms with Crippen LogP contribution in [0, 0.1) is 5.92 Å². The highest BCUT2D eigenvalue weighted by Gasteiger charge is 2.43. The molecule has 3 aliphatic rings. The summed E-state index contributed by atoms with van der Waals surface area (Å²) in [5, 5.41) is 0. The zero-order valence-corrected chi connectivity index (χ0v) is 23.0. The molecule has 3 fully saturated rings. The topological polar surface area (TPSA) is 122 Å². The molecule has 0 N–H and O–H groups in total. The Morgan fingerprint density at radius 3 is 2.28 bits per heavy atom. The highest BCUT2D eigenvalue weighted by Crippen LogP contribution is 2.39. The number of benzene rings is 1. The summed E-state index contributed by atoms with van der Waals surface area (Å²) in [6.07, 6.45) is 6.59. The number of ketones is 1. The number of nitrogens with zero attached hydrogens (tertiary/aromatic N) is 5. The summed E-state index contributed by atoms with van der Waals surface area (Å²) in [6, 6.07) is 8.47. The van der Waals surface area contributed by atoms with Gasteiger partial charge in [-0.25, -0.2) is 23.2 Å². The number of aromatic nitrogens is 2. The van der Waals surface area contributed by atoms with E-state index in [4.69, 9.17) is 9.47 Å². The van der Waals surface area contributed by atoms with Crippen LogP contribution in [0.25, 0.3) is 0 Å². The maximum absolute atomic E-state index is 12.8. The molecule has 0 radical (unpaired) electrons. The zero-order chi connectivity index (χ0) is 27.5. The number of Topliss-reactive ketones (excluding diaryl/α,β-unsaturated/α-hetero) is 1. The number of carbonyl (C=O) groups is 2. The van der Waals surface area contributed by atoms with Crippen molar-refractivity contribution in [2.75, 3.05) is 56.5 Å². The monoisotopic (exact) mass is 557 g/mol. The van der Waals surface area contributed by atoms with E-state index in [1.54, 1.807) is 47.6 Å². The number of amides is 1. The third kappa shape index (κ3) is 7.04. The molecule has 2 saturated heterocycles.